The lowest BCUT2D eigenvalue weighted by Gasteiger charge is -2.42. The third-order valence-electron chi connectivity index (χ3n) is 3.40. The van der Waals surface area contributed by atoms with Crippen LogP contribution in [0.15, 0.2) is 11.7 Å². The molecule has 0 aromatic carbocycles. The quantitative estimate of drug-likeness (QED) is 0.866. The molecule has 2 N–H and O–H groups in total. The van der Waals surface area contributed by atoms with E-state index in [0.717, 1.165) is 32.4 Å². The Balaban J connectivity index is 2.14. The highest BCUT2D eigenvalue weighted by Crippen LogP contribution is 2.29. The van der Waals surface area contributed by atoms with E-state index in [1.165, 1.54) is 4.88 Å². The largest absolute Gasteiger partial charge is 0.368 e. The van der Waals surface area contributed by atoms with E-state index >= 15 is 0 Å². The van der Waals surface area contributed by atoms with Crippen molar-refractivity contribution in [3.63, 3.8) is 0 Å². The lowest BCUT2D eigenvalue weighted by Crippen LogP contribution is -2.57. The molecule has 0 spiro atoms. The zero-order valence-electron chi connectivity index (χ0n) is 9.48. The number of aromatic nitrogens is 1. The van der Waals surface area contributed by atoms with Crippen LogP contribution in [-0.4, -0.2) is 27.9 Å². The van der Waals surface area contributed by atoms with E-state index in [9.17, 15) is 4.79 Å². The molecular weight excluding hydrogens is 222 g/mol. The molecular formula is C11H17N3OS. The first-order valence-corrected chi connectivity index (χ1v) is 6.43. The van der Waals surface area contributed by atoms with Gasteiger partial charge in [-0.25, -0.2) is 0 Å². The van der Waals surface area contributed by atoms with Gasteiger partial charge >= 0.3 is 0 Å². The van der Waals surface area contributed by atoms with E-state index < -0.39 is 5.54 Å². The third kappa shape index (κ3) is 2.10. The van der Waals surface area contributed by atoms with Crippen molar-refractivity contribution in [1.29, 1.82) is 0 Å². The van der Waals surface area contributed by atoms with Gasteiger partial charge in [-0.1, -0.05) is 0 Å². The van der Waals surface area contributed by atoms with Crippen LogP contribution in [0.3, 0.4) is 0 Å². The molecule has 4 nitrogen and oxygen atoms in total. The van der Waals surface area contributed by atoms with Crippen molar-refractivity contribution in [2.24, 2.45) is 5.73 Å². The minimum absolute atomic E-state index is 0.211. The minimum atomic E-state index is -0.484. The Bertz CT molecular complexity index is 365. The predicted octanol–water partition coefficient (Wildman–Crippen LogP) is 1.37. The van der Waals surface area contributed by atoms with Crippen LogP contribution in [0.5, 0.6) is 0 Å². The summed E-state index contributed by atoms with van der Waals surface area (Å²) in [5, 5.41) is 0. The molecule has 1 saturated heterocycles. The Hall–Kier alpha value is -0.940. The second kappa shape index (κ2) is 4.51. The zero-order chi connectivity index (χ0) is 11.6. The van der Waals surface area contributed by atoms with Crippen molar-refractivity contribution < 1.29 is 4.79 Å². The molecule has 1 amide bonds. The molecule has 1 fully saturated rings. The number of hydrogen-bond donors (Lipinski definition) is 1. The maximum absolute atomic E-state index is 11.6. The van der Waals surface area contributed by atoms with E-state index in [4.69, 9.17) is 5.73 Å². The van der Waals surface area contributed by atoms with Crippen LogP contribution in [0.4, 0.5) is 0 Å². The summed E-state index contributed by atoms with van der Waals surface area (Å²) in [7, 11) is 0. The van der Waals surface area contributed by atoms with Crippen LogP contribution in [0, 0.1) is 0 Å². The smallest absolute Gasteiger partial charge is 0.237 e. The first-order valence-electron chi connectivity index (χ1n) is 5.55. The molecule has 0 aliphatic carbocycles. The molecule has 88 valence electrons. The number of amides is 1. The number of likely N-dealkylation sites (tertiary alicyclic amines) is 1. The summed E-state index contributed by atoms with van der Waals surface area (Å²) in [6, 6.07) is 0. The molecule has 16 heavy (non-hydrogen) atoms. The van der Waals surface area contributed by atoms with Crippen molar-refractivity contribution in [1.82, 2.24) is 9.88 Å². The van der Waals surface area contributed by atoms with Crippen molar-refractivity contribution in [2.75, 3.05) is 6.54 Å². The Kier molecular flexibility index (Phi) is 3.25. The van der Waals surface area contributed by atoms with Crippen LogP contribution in [0.25, 0.3) is 0 Å². The summed E-state index contributed by atoms with van der Waals surface area (Å²) in [6.07, 6.45) is 4.95. The monoisotopic (exact) mass is 239 g/mol. The molecule has 5 heteroatoms. The number of piperidine rings is 1. The van der Waals surface area contributed by atoms with Crippen molar-refractivity contribution in [3.05, 3.63) is 16.6 Å². The molecule has 1 aromatic rings. The van der Waals surface area contributed by atoms with Gasteiger partial charge in [-0.3, -0.25) is 14.7 Å². The van der Waals surface area contributed by atoms with Gasteiger partial charge in [0.2, 0.25) is 5.91 Å². The maximum atomic E-state index is 11.6. The van der Waals surface area contributed by atoms with E-state index in [1.807, 2.05) is 18.6 Å². The number of carbonyl (C=O) groups excluding carboxylic acids is 1. The fraction of sp³-hybridized carbons (Fsp3) is 0.636. The Morgan fingerprint density at radius 3 is 3.12 bits per heavy atom. The second-order valence-electron chi connectivity index (χ2n) is 4.48. The highest BCUT2D eigenvalue weighted by atomic mass is 32.1. The fourth-order valence-electron chi connectivity index (χ4n) is 2.22. The summed E-state index contributed by atoms with van der Waals surface area (Å²) in [4.78, 5) is 19.0. The van der Waals surface area contributed by atoms with Crippen molar-refractivity contribution >= 4 is 17.2 Å². The highest BCUT2D eigenvalue weighted by Gasteiger charge is 2.39. The lowest BCUT2D eigenvalue weighted by molar-refractivity contribution is -0.131. The average molecular weight is 239 g/mol. The van der Waals surface area contributed by atoms with Crippen LogP contribution in [0.2, 0.25) is 0 Å². The van der Waals surface area contributed by atoms with E-state index in [-0.39, 0.29) is 5.91 Å². The number of nitrogens with zero attached hydrogens (tertiary/aromatic N) is 2. The Labute approximate surface area is 99.5 Å². The summed E-state index contributed by atoms with van der Waals surface area (Å²) in [6.45, 7) is 3.68. The first-order chi connectivity index (χ1) is 7.63. The predicted molar refractivity (Wildman–Crippen MR) is 64.0 cm³/mol. The number of nitrogens with two attached hydrogens (primary N) is 1. The van der Waals surface area contributed by atoms with Gasteiger partial charge in [-0.05, 0) is 32.7 Å². The van der Waals surface area contributed by atoms with Crippen molar-refractivity contribution in [2.45, 2.75) is 38.3 Å². The number of carbonyl (C=O) groups is 1. The van der Waals surface area contributed by atoms with E-state index in [1.54, 1.807) is 11.3 Å². The molecule has 0 unspecified atom stereocenters. The summed E-state index contributed by atoms with van der Waals surface area (Å²) in [5.41, 5.74) is 6.86. The SMILES string of the molecule is C[C@@]1(C(N)=O)CCCCN1Cc1cncs1. The molecule has 1 atom stereocenters. The molecule has 0 saturated carbocycles. The average Bonchev–Trinajstić information content (AvgIpc) is 2.74. The number of primary amides is 1. The Morgan fingerprint density at radius 1 is 1.69 bits per heavy atom. The Morgan fingerprint density at radius 2 is 2.50 bits per heavy atom. The molecule has 2 heterocycles. The first kappa shape index (κ1) is 11.5. The summed E-state index contributed by atoms with van der Waals surface area (Å²) in [5.74, 6) is -0.211. The van der Waals surface area contributed by atoms with Crippen LogP contribution >= 0.6 is 11.3 Å². The normalized spacial score (nSPS) is 26.8. The summed E-state index contributed by atoms with van der Waals surface area (Å²) < 4.78 is 0. The molecule has 2 rings (SSSR count). The third-order valence-corrected chi connectivity index (χ3v) is 4.16. The molecule has 0 bridgehead atoms. The number of hydrogen-bond acceptors (Lipinski definition) is 4. The number of thiazole rings is 1. The van der Waals surface area contributed by atoms with Gasteiger partial charge in [0, 0.05) is 17.6 Å². The summed E-state index contributed by atoms with van der Waals surface area (Å²) >= 11 is 1.62. The van der Waals surface area contributed by atoms with Gasteiger partial charge < -0.3 is 5.73 Å². The topological polar surface area (TPSA) is 59.2 Å². The van der Waals surface area contributed by atoms with Gasteiger partial charge in [0.25, 0.3) is 0 Å². The molecule has 1 aliphatic heterocycles. The fourth-order valence-corrected chi connectivity index (χ4v) is 2.83. The maximum Gasteiger partial charge on any atom is 0.237 e. The van der Waals surface area contributed by atoms with Gasteiger partial charge in [0.15, 0.2) is 0 Å². The number of rotatable bonds is 3. The van der Waals surface area contributed by atoms with E-state index in [0.29, 0.717) is 0 Å². The highest BCUT2D eigenvalue weighted by molar-refractivity contribution is 7.09. The van der Waals surface area contributed by atoms with Gasteiger partial charge in [0.05, 0.1) is 11.0 Å². The van der Waals surface area contributed by atoms with Gasteiger partial charge in [-0.15, -0.1) is 11.3 Å². The molecule has 1 aliphatic rings. The standard InChI is InChI=1S/C11H17N3OS/c1-11(10(12)15)4-2-3-5-14(11)7-9-6-13-8-16-9/h6,8H,2-5,7H2,1H3,(H2,12,15)/t11-/m0/s1. The van der Waals surface area contributed by atoms with E-state index in [2.05, 4.69) is 9.88 Å². The van der Waals surface area contributed by atoms with Crippen LogP contribution in [0.1, 0.15) is 31.1 Å². The lowest BCUT2D eigenvalue weighted by atomic mass is 9.87. The molecule has 1 aromatic heterocycles. The minimum Gasteiger partial charge on any atom is -0.368 e. The zero-order valence-corrected chi connectivity index (χ0v) is 10.3. The van der Waals surface area contributed by atoms with Crippen molar-refractivity contribution in [3.8, 4) is 0 Å². The van der Waals surface area contributed by atoms with Gasteiger partial charge in [-0.2, -0.15) is 0 Å². The van der Waals surface area contributed by atoms with Crippen LogP contribution in [-0.2, 0) is 11.3 Å². The van der Waals surface area contributed by atoms with Gasteiger partial charge in [0.1, 0.15) is 0 Å². The molecule has 0 radical (unpaired) electrons. The van der Waals surface area contributed by atoms with Crippen LogP contribution < -0.4 is 5.73 Å². The second-order valence-corrected chi connectivity index (χ2v) is 5.46.